The minimum Gasteiger partial charge on any atom is -0.326 e. The van der Waals surface area contributed by atoms with Gasteiger partial charge in [0.2, 0.25) is 10.0 Å². The molecule has 1 aromatic rings. The summed E-state index contributed by atoms with van der Waals surface area (Å²) in [6.07, 6.45) is 0.795. The third-order valence-corrected chi connectivity index (χ3v) is 5.48. The molecule has 0 spiro atoms. The van der Waals surface area contributed by atoms with Crippen molar-refractivity contribution in [2.45, 2.75) is 24.3 Å². The molecule has 2 N–H and O–H groups in total. The summed E-state index contributed by atoms with van der Waals surface area (Å²) in [6, 6.07) is 3.10. The largest absolute Gasteiger partial charge is 0.326 e. The van der Waals surface area contributed by atoms with Crippen LogP contribution in [0.1, 0.15) is 13.3 Å². The molecule has 1 saturated heterocycles. The van der Waals surface area contributed by atoms with Crippen LogP contribution in [0.4, 0.5) is 4.39 Å². The molecule has 19 heavy (non-hydrogen) atoms. The van der Waals surface area contributed by atoms with Gasteiger partial charge >= 0.3 is 0 Å². The van der Waals surface area contributed by atoms with Gasteiger partial charge in [-0.1, -0.05) is 18.5 Å². The maximum Gasteiger partial charge on any atom is 0.244 e. The van der Waals surface area contributed by atoms with Crippen LogP contribution in [0.15, 0.2) is 23.1 Å². The topological polar surface area (TPSA) is 63.4 Å². The van der Waals surface area contributed by atoms with Gasteiger partial charge in [-0.25, -0.2) is 12.8 Å². The molecule has 1 aliphatic heterocycles. The first-order valence-corrected chi connectivity index (χ1v) is 7.83. The van der Waals surface area contributed by atoms with E-state index in [-0.39, 0.29) is 28.4 Å². The van der Waals surface area contributed by atoms with Gasteiger partial charge in [-0.2, -0.15) is 4.31 Å². The molecule has 0 radical (unpaired) electrons. The molecule has 1 aromatic carbocycles. The molecule has 2 unspecified atom stereocenters. The van der Waals surface area contributed by atoms with Crippen molar-refractivity contribution in [2.24, 2.45) is 11.7 Å². The average Bonchev–Trinajstić information content (AvgIpc) is 2.26. The molecule has 1 aliphatic rings. The number of nitrogens with two attached hydrogens (primary N) is 1. The Hall–Kier alpha value is -0.690. The SMILES string of the molecule is CC1CC(N)CN(S(=O)(=O)c2ccc(F)cc2Cl)C1. The number of halogens is 2. The predicted octanol–water partition coefficient (Wildman–Crippen LogP) is 1.84. The summed E-state index contributed by atoms with van der Waals surface area (Å²) >= 11 is 5.83. The number of piperidine rings is 1. The number of hydrogen-bond acceptors (Lipinski definition) is 3. The molecule has 106 valence electrons. The smallest absolute Gasteiger partial charge is 0.244 e. The molecule has 2 atom stereocenters. The van der Waals surface area contributed by atoms with E-state index in [1.165, 1.54) is 10.4 Å². The second-order valence-corrected chi connectivity index (χ2v) is 7.31. The molecule has 2 rings (SSSR count). The van der Waals surface area contributed by atoms with Crippen molar-refractivity contribution in [3.05, 3.63) is 29.0 Å². The lowest BCUT2D eigenvalue weighted by Gasteiger charge is -2.34. The van der Waals surface area contributed by atoms with E-state index in [1.807, 2.05) is 6.92 Å². The fourth-order valence-electron chi connectivity index (χ4n) is 2.37. The number of benzene rings is 1. The first kappa shape index (κ1) is 14.7. The van der Waals surface area contributed by atoms with Crippen LogP contribution in [-0.2, 0) is 10.0 Å². The number of hydrogen-bond donors (Lipinski definition) is 1. The van der Waals surface area contributed by atoms with Crippen molar-refractivity contribution in [3.63, 3.8) is 0 Å². The molecular weight excluding hydrogens is 291 g/mol. The van der Waals surface area contributed by atoms with Crippen LogP contribution in [0.5, 0.6) is 0 Å². The minimum atomic E-state index is -3.72. The van der Waals surface area contributed by atoms with E-state index in [9.17, 15) is 12.8 Å². The lowest BCUT2D eigenvalue weighted by molar-refractivity contribution is 0.254. The maximum atomic E-state index is 13.0. The van der Waals surface area contributed by atoms with E-state index in [2.05, 4.69) is 0 Å². The molecule has 0 amide bonds. The van der Waals surface area contributed by atoms with E-state index in [0.29, 0.717) is 6.54 Å². The first-order chi connectivity index (χ1) is 8.80. The summed E-state index contributed by atoms with van der Waals surface area (Å²) in [5.74, 6) is -0.370. The zero-order valence-electron chi connectivity index (χ0n) is 10.5. The van der Waals surface area contributed by atoms with Gasteiger partial charge in [0.05, 0.1) is 5.02 Å². The Bertz CT molecular complexity index is 569. The number of rotatable bonds is 2. The van der Waals surface area contributed by atoms with Gasteiger partial charge in [0, 0.05) is 19.1 Å². The highest BCUT2D eigenvalue weighted by Crippen LogP contribution is 2.28. The van der Waals surface area contributed by atoms with Crippen LogP contribution in [0.2, 0.25) is 5.02 Å². The molecular formula is C12H16ClFN2O2S. The predicted molar refractivity (Wildman–Crippen MR) is 71.9 cm³/mol. The molecule has 1 heterocycles. The molecule has 0 bridgehead atoms. The second-order valence-electron chi connectivity index (χ2n) is 5.00. The van der Waals surface area contributed by atoms with Crippen molar-refractivity contribution < 1.29 is 12.8 Å². The normalized spacial score (nSPS) is 25.5. The minimum absolute atomic E-state index is 0.0723. The monoisotopic (exact) mass is 306 g/mol. The molecule has 4 nitrogen and oxygen atoms in total. The quantitative estimate of drug-likeness (QED) is 0.907. The van der Waals surface area contributed by atoms with Gasteiger partial charge in [0.15, 0.2) is 0 Å². The van der Waals surface area contributed by atoms with Gasteiger partial charge in [0.25, 0.3) is 0 Å². The van der Waals surface area contributed by atoms with Gasteiger partial charge in [0.1, 0.15) is 10.7 Å². The fourth-order valence-corrected chi connectivity index (χ4v) is 4.49. The van der Waals surface area contributed by atoms with E-state index >= 15 is 0 Å². The maximum absolute atomic E-state index is 13.0. The summed E-state index contributed by atoms with van der Waals surface area (Å²) in [6.45, 7) is 2.62. The van der Waals surface area contributed by atoms with Crippen LogP contribution in [0.25, 0.3) is 0 Å². The highest BCUT2D eigenvalue weighted by molar-refractivity contribution is 7.89. The molecule has 7 heteroatoms. The summed E-state index contributed by atoms with van der Waals surface area (Å²) in [4.78, 5) is -0.0723. The van der Waals surface area contributed by atoms with E-state index in [0.717, 1.165) is 18.6 Å². The lowest BCUT2D eigenvalue weighted by Crippen LogP contribution is -2.48. The number of nitrogens with zero attached hydrogens (tertiary/aromatic N) is 1. The molecule has 0 aliphatic carbocycles. The summed E-state index contributed by atoms with van der Waals surface area (Å²) < 4.78 is 39.3. The first-order valence-electron chi connectivity index (χ1n) is 6.01. The summed E-state index contributed by atoms with van der Waals surface area (Å²) in [7, 11) is -3.72. The Morgan fingerprint density at radius 2 is 2.11 bits per heavy atom. The van der Waals surface area contributed by atoms with E-state index in [4.69, 9.17) is 17.3 Å². The van der Waals surface area contributed by atoms with Gasteiger partial charge in [-0.3, -0.25) is 0 Å². The molecule has 0 aromatic heterocycles. The Labute approximate surface area is 117 Å². The number of sulfonamides is 1. The van der Waals surface area contributed by atoms with Gasteiger partial charge in [-0.05, 0) is 30.5 Å². The molecule has 1 fully saturated rings. The molecule has 0 saturated carbocycles. The lowest BCUT2D eigenvalue weighted by atomic mass is 9.99. The van der Waals surface area contributed by atoms with Crippen LogP contribution in [0, 0.1) is 11.7 Å². The van der Waals surface area contributed by atoms with Crippen LogP contribution >= 0.6 is 11.6 Å². The zero-order chi connectivity index (χ0) is 14.2. The Morgan fingerprint density at radius 3 is 2.68 bits per heavy atom. The van der Waals surface area contributed by atoms with Gasteiger partial charge in [-0.15, -0.1) is 0 Å². The van der Waals surface area contributed by atoms with Crippen molar-refractivity contribution in [1.29, 1.82) is 0 Å². The van der Waals surface area contributed by atoms with Gasteiger partial charge < -0.3 is 5.73 Å². The second kappa shape index (κ2) is 5.36. The highest BCUT2D eigenvalue weighted by Gasteiger charge is 2.33. The zero-order valence-corrected chi connectivity index (χ0v) is 12.1. The van der Waals surface area contributed by atoms with E-state index in [1.54, 1.807) is 0 Å². The third kappa shape index (κ3) is 3.08. The fraction of sp³-hybridized carbons (Fsp3) is 0.500. The Balaban J connectivity index is 2.36. The van der Waals surface area contributed by atoms with Crippen LogP contribution in [0.3, 0.4) is 0 Å². The van der Waals surface area contributed by atoms with Crippen LogP contribution in [-0.4, -0.2) is 31.9 Å². The average molecular weight is 307 g/mol. The van der Waals surface area contributed by atoms with E-state index < -0.39 is 15.8 Å². The summed E-state index contributed by atoms with van der Waals surface area (Å²) in [5.41, 5.74) is 5.85. The van der Waals surface area contributed by atoms with Crippen molar-refractivity contribution in [3.8, 4) is 0 Å². The van der Waals surface area contributed by atoms with Crippen molar-refractivity contribution >= 4 is 21.6 Å². The highest BCUT2D eigenvalue weighted by atomic mass is 35.5. The Morgan fingerprint density at radius 1 is 1.42 bits per heavy atom. The van der Waals surface area contributed by atoms with Crippen LogP contribution < -0.4 is 5.73 Å². The van der Waals surface area contributed by atoms with Crippen molar-refractivity contribution in [1.82, 2.24) is 4.31 Å². The third-order valence-electron chi connectivity index (χ3n) is 3.17. The van der Waals surface area contributed by atoms with Crippen molar-refractivity contribution in [2.75, 3.05) is 13.1 Å². The Kier molecular flexibility index (Phi) is 4.15. The summed E-state index contributed by atoms with van der Waals surface area (Å²) in [5, 5.41) is -0.105. The standard InChI is InChI=1S/C12H16ClFN2O2S/c1-8-4-10(15)7-16(6-8)19(17,18)12-3-2-9(14)5-11(12)13/h2-3,5,8,10H,4,6-7,15H2,1H3.